The maximum Gasteiger partial charge on any atom is 0.419 e. The zero-order valence-corrected chi connectivity index (χ0v) is 14.0. The molecule has 2 aromatic rings. The van der Waals surface area contributed by atoms with Gasteiger partial charge in [-0.25, -0.2) is 5.43 Å². The summed E-state index contributed by atoms with van der Waals surface area (Å²) in [5.41, 5.74) is -2.18. The summed E-state index contributed by atoms with van der Waals surface area (Å²) >= 11 is 0. The monoisotopic (exact) mass is 406 g/mol. The molecule has 0 aliphatic rings. The van der Waals surface area contributed by atoms with E-state index in [0.29, 0.717) is 11.8 Å². The number of carbonyl (C=O) groups is 1. The van der Waals surface area contributed by atoms with Crippen LogP contribution in [0.25, 0.3) is 0 Å². The summed E-state index contributed by atoms with van der Waals surface area (Å²) in [6.45, 7) is 1.65. The number of phenolic OH excluding ortho intramolecular Hbond substituents is 2. The van der Waals surface area contributed by atoms with Crippen LogP contribution in [0.5, 0.6) is 11.5 Å². The molecule has 0 fully saturated rings. The summed E-state index contributed by atoms with van der Waals surface area (Å²) < 4.78 is 77.1. The van der Waals surface area contributed by atoms with Crippen molar-refractivity contribution in [1.29, 1.82) is 0 Å². The van der Waals surface area contributed by atoms with Gasteiger partial charge in [0.15, 0.2) is 0 Å². The highest BCUT2D eigenvalue weighted by Gasteiger charge is 2.39. The molecule has 0 saturated carbocycles. The maximum absolute atomic E-state index is 12.9. The van der Waals surface area contributed by atoms with Gasteiger partial charge in [0.25, 0.3) is 5.91 Å². The number of aryl methyl sites for hydroxylation is 1. The molecule has 0 bridgehead atoms. The molecule has 0 heterocycles. The van der Waals surface area contributed by atoms with Crippen LogP contribution >= 0.6 is 0 Å². The number of hydrogen-bond donors (Lipinski definition) is 3. The Morgan fingerprint density at radius 1 is 1.04 bits per heavy atom. The summed E-state index contributed by atoms with van der Waals surface area (Å²) in [6.07, 6.45) is -9.92. The highest BCUT2D eigenvalue weighted by atomic mass is 19.4. The molecule has 150 valence electrons. The molecule has 11 heteroatoms. The largest absolute Gasteiger partial charge is 0.507 e. The third-order valence-electron chi connectivity index (χ3n) is 3.54. The van der Waals surface area contributed by atoms with E-state index in [0.717, 1.165) is 0 Å². The molecule has 0 spiro atoms. The van der Waals surface area contributed by atoms with Crippen molar-refractivity contribution in [3.63, 3.8) is 0 Å². The van der Waals surface area contributed by atoms with Gasteiger partial charge in [-0.05, 0) is 36.8 Å². The van der Waals surface area contributed by atoms with E-state index in [4.69, 9.17) is 0 Å². The lowest BCUT2D eigenvalue weighted by Gasteiger charge is -2.15. The second kappa shape index (κ2) is 7.41. The van der Waals surface area contributed by atoms with Gasteiger partial charge in [-0.15, -0.1) is 0 Å². The van der Waals surface area contributed by atoms with Crippen molar-refractivity contribution < 1.29 is 41.4 Å². The van der Waals surface area contributed by atoms with Gasteiger partial charge in [0, 0.05) is 5.56 Å². The minimum absolute atomic E-state index is 0.216. The molecule has 5 nitrogen and oxygen atoms in total. The molecule has 3 N–H and O–H groups in total. The Bertz CT molecular complexity index is 936. The van der Waals surface area contributed by atoms with Gasteiger partial charge in [0.1, 0.15) is 11.5 Å². The van der Waals surface area contributed by atoms with Crippen LogP contribution < -0.4 is 5.43 Å². The van der Waals surface area contributed by atoms with Crippen molar-refractivity contribution in [3.05, 3.63) is 58.1 Å². The molecular formula is C17H12F6N2O3. The molecule has 0 aliphatic carbocycles. The van der Waals surface area contributed by atoms with Crippen molar-refractivity contribution in [2.24, 2.45) is 5.10 Å². The molecule has 0 atom stereocenters. The minimum Gasteiger partial charge on any atom is -0.507 e. The fourth-order valence-corrected chi connectivity index (χ4v) is 2.19. The maximum atomic E-state index is 12.9. The molecule has 28 heavy (non-hydrogen) atoms. The molecule has 0 unspecified atom stereocenters. The molecular weight excluding hydrogens is 394 g/mol. The average Bonchev–Trinajstić information content (AvgIpc) is 2.54. The van der Waals surface area contributed by atoms with Crippen LogP contribution in [0, 0.1) is 6.92 Å². The van der Waals surface area contributed by atoms with Gasteiger partial charge in [0.05, 0.1) is 22.9 Å². The molecule has 0 aliphatic heterocycles. The molecule has 0 saturated heterocycles. The first-order valence-corrected chi connectivity index (χ1v) is 7.45. The van der Waals surface area contributed by atoms with E-state index < -0.39 is 46.4 Å². The minimum atomic E-state index is -5.25. The fraction of sp³-hybridized carbons (Fsp3) is 0.176. The third kappa shape index (κ3) is 4.72. The van der Waals surface area contributed by atoms with Crippen LogP contribution in [0.15, 0.2) is 35.4 Å². The number of hydrazone groups is 1. The van der Waals surface area contributed by atoms with Crippen molar-refractivity contribution in [2.75, 3.05) is 0 Å². The average molecular weight is 406 g/mol. The number of halogens is 6. The first-order chi connectivity index (χ1) is 12.8. The smallest absolute Gasteiger partial charge is 0.419 e. The van der Waals surface area contributed by atoms with Gasteiger partial charge in [0.2, 0.25) is 0 Å². The van der Waals surface area contributed by atoms with Gasteiger partial charge in [-0.1, -0.05) is 6.07 Å². The van der Waals surface area contributed by atoms with Crippen LogP contribution in [0.4, 0.5) is 26.3 Å². The van der Waals surface area contributed by atoms with E-state index in [1.165, 1.54) is 18.2 Å². The van der Waals surface area contributed by atoms with E-state index in [-0.39, 0.29) is 17.7 Å². The predicted molar refractivity (Wildman–Crippen MR) is 86.0 cm³/mol. The van der Waals surface area contributed by atoms with Crippen LogP contribution in [0.2, 0.25) is 0 Å². The van der Waals surface area contributed by atoms with Crippen LogP contribution in [-0.4, -0.2) is 22.3 Å². The topological polar surface area (TPSA) is 81.9 Å². The van der Waals surface area contributed by atoms with E-state index in [1.807, 2.05) is 5.43 Å². The molecule has 1 amide bonds. The van der Waals surface area contributed by atoms with Crippen LogP contribution in [0.1, 0.15) is 32.6 Å². The van der Waals surface area contributed by atoms with E-state index in [1.54, 1.807) is 6.92 Å². The standard InChI is InChI=1S/C17H12F6N2O3/c1-8-2-3-11(13(26)4-8)15(28)25-24-7-9-5-10(16(18,19)20)6-12(14(9)27)17(21,22)23/h2-7,26-27H,1H3,(H,25,28)/b24-7+. The normalized spacial score (nSPS) is 12.4. The molecule has 2 rings (SSSR count). The highest BCUT2D eigenvalue weighted by Crippen LogP contribution is 2.41. The second-order valence-electron chi connectivity index (χ2n) is 5.68. The lowest BCUT2D eigenvalue weighted by molar-refractivity contribution is -0.143. The zero-order valence-electron chi connectivity index (χ0n) is 14.0. The predicted octanol–water partition coefficient (Wildman–Crippen LogP) is 4.21. The summed E-state index contributed by atoms with van der Waals surface area (Å²) in [5, 5.41) is 22.6. The Balaban J connectivity index is 2.35. The van der Waals surface area contributed by atoms with Crippen molar-refractivity contribution in [3.8, 4) is 11.5 Å². The summed E-state index contributed by atoms with van der Waals surface area (Å²) in [5.74, 6) is -2.83. The van der Waals surface area contributed by atoms with E-state index in [2.05, 4.69) is 5.10 Å². The number of alkyl halides is 6. The Labute approximate surface area is 153 Å². The number of nitrogens with one attached hydrogen (secondary N) is 1. The van der Waals surface area contributed by atoms with Gasteiger partial charge in [-0.3, -0.25) is 4.79 Å². The highest BCUT2D eigenvalue weighted by molar-refractivity contribution is 5.97. The lowest BCUT2D eigenvalue weighted by Crippen LogP contribution is -2.18. The Morgan fingerprint density at radius 3 is 2.21 bits per heavy atom. The van der Waals surface area contributed by atoms with Gasteiger partial charge in [-0.2, -0.15) is 31.4 Å². The van der Waals surface area contributed by atoms with Crippen LogP contribution in [0.3, 0.4) is 0 Å². The Morgan fingerprint density at radius 2 is 1.68 bits per heavy atom. The van der Waals surface area contributed by atoms with Gasteiger partial charge < -0.3 is 10.2 Å². The number of carbonyl (C=O) groups excluding carboxylic acids is 1. The van der Waals surface area contributed by atoms with Crippen molar-refractivity contribution >= 4 is 12.1 Å². The third-order valence-corrected chi connectivity index (χ3v) is 3.54. The SMILES string of the molecule is Cc1ccc(C(=O)N/N=C/c2cc(C(F)(F)F)cc(C(F)(F)F)c2O)c(O)c1. The van der Waals surface area contributed by atoms with E-state index >= 15 is 0 Å². The second-order valence-corrected chi connectivity index (χ2v) is 5.68. The van der Waals surface area contributed by atoms with Crippen molar-refractivity contribution in [2.45, 2.75) is 19.3 Å². The number of benzene rings is 2. The number of phenols is 2. The summed E-state index contributed by atoms with van der Waals surface area (Å²) in [7, 11) is 0. The summed E-state index contributed by atoms with van der Waals surface area (Å²) in [6, 6.07) is 4.04. The Kier molecular flexibility index (Phi) is 5.57. The first kappa shape index (κ1) is 21.1. The number of nitrogens with zero attached hydrogens (tertiary/aromatic N) is 1. The number of amides is 1. The molecule has 0 radical (unpaired) electrons. The Hall–Kier alpha value is -3.24. The number of rotatable bonds is 3. The zero-order chi connectivity index (χ0) is 21.3. The lowest BCUT2D eigenvalue weighted by atomic mass is 10.0. The van der Waals surface area contributed by atoms with Gasteiger partial charge >= 0.3 is 12.4 Å². The van der Waals surface area contributed by atoms with Crippen molar-refractivity contribution in [1.82, 2.24) is 5.43 Å². The summed E-state index contributed by atoms with van der Waals surface area (Å²) in [4.78, 5) is 11.9. The number of hydrogen-bond acceptors (Lipinski definition) is 4. The van der Waals surface area contributed by atoms with E-state index in [9.17, 15) is 41.4 Å². The first-order valence-electron chi connectivity index (χ1n) is 7.45. The van der Waals surface area contributed by atoms with Crippen LogP contribution in [-0.2, 0) is 12.4 Å². The quantitative estimate of drug-likeness (QED) is 0.406. The molecule has 2 aromatic carbocycles. The number of aromatic hydroxyl groups is 2. The fourth-order valence-electron chi connectivity index (χ4n) is 2.19. The molecule has 0 aromatic heterocycles.